The predicted octanol–water partition coefficient (Wildman–Crippen LogP) is 2.39. The molecule has 0 bridgehead atoms. The zero-order chi connectivity index (χ0) is 22.1. The minimum absolute atomic E-state index is 0.101. The molecule has 1 fully saturated rings. The van der Waals surface area contributed by atoms with E-state index < -0.39 is 26.8 Å². The second-order valence-corrected chi connectivity index (χ2v) is 9.39. The lowest BCUT2D eigenvalue weighted by Gasteiger charge is -2.33. The summed E-state index contributed by atoms with van der Waals surface area (Å²) < 4.78 is 40.6. The van der Waals surface area contributed by atoms with E-state index in [9.17, 15) is 17.7 Å². The van der Waals surface area contributed by atoms with Gasteiger partial charge in [-0.1, -0.05) is 22.6 Å². The van der Waals surface area contributed by atoms with Crippen molar-refractivity contribution in [3.8, 4) is 6.19 Å². The Balaban J connectivity index is 1.91. The Morgan fingerprint density at radius 3 is 2.73 bits per heavy atom. The van der Waals surface area contributed by atoms with Crippen LogP contribution in [0.1, 0.15) is 37.6 Å². The Bertz CT molecular complexity index is 1120. The molecule has 30 heavy (non-hydrogen) atoms. The fourth-order valence-electron chi connectivity index (χ4n) is 3.69. The summed E-state index contributed by atoms with van der Waals surface area (Å²) in [4.78, 5) is 22.8. The monoisotopic (exact) mass is 432 g/mol. The fraction of sp³-hybridized carbons (Fsp3) is 0.368. The average molecular weight is 432 g/mol. The molecule has 1 saturated heterocycles. The van der Waals surface area contributed by atoms with Crippen LogP contribution in [0.5, 0.6) is 0 Å². The van der Waals surface area contributed by atoms with Gasteiger partial charge in [0.05, 0.1) is 5.56 Å². The number of amides is 1. The zero-order valence-corrected chi connectivity index (χ0v) is 17.5. The largest absolute Gasteiger partial charge is 0.351 e. The van der Waals surface area contributed by atoms with Crippen molar-refractivity contribution in [2.24, 2.45) is 5.92 Å². The molecule has 11 heteroatoms. The van der Waals surface area contributed by atoms with Gasteiger partial charge in [0.15, 0.2) is 10.8 Å². The van der Waals surface area contributed by atoms with Gasteiger partial charge >= 0.3 is 0 Å². The molecule has 0 aliphatic carbocycles. The van der Waals surface area contributed by atoms with Gasteiger partial charge in [-0.2, -0.15) is 13.7 Å². The Hall–Kier alpha value is -3.26. The quantitative estimate of drug-likeness (QED) is 0.435. The Morgan fingerprint density at radius 2 is 2.10 bits per heavy atom. The van der Waals surface area contributed by atoms with Crippen molar-refractivity contribution in [3.63, 3.8) is 0 Å². The number of anilines is 2. The normalized spacial score (nSPS) is 18.0. The van der Waals surface area contributed by atoms with E-state index in [0.717, 1.165) is 18.6 Å². The maximum absolute atomic E-state index is 13.4. The standard InChI is InChI=1S/C19H21FN6O3S/c1-13-10-19(2,3)25(11-13)17-14(6-5-9-22-17)18(27)24-30(28,29)16-8-4-7-15(23-16)26(20)12-21/h4-9,13H,10-11H2,1-3H3,(H,24,27). The molecule has 1 N–H and O–H groups in total. The van der Waals surface area contributed by atoms with Gasteiger partial charge < -0.3 is 4.90 Å². The number of carbonyl (C=O) groups excluding carboxylic acids is 1. The Kier molecular flexibility index (Phi) is 5.63. The van der Waals surface area contributed by atoms with Gasteiger partial charge in [0.25, 0.3) is 15.9 Å². The lowest BCUT2D eigenvalue weighted by molar-refractivity contribution is 0.0981. The van der Waals surface area contributed by atoms with E-state index in [1.165, 1.54) is 18.3 Å². The number of hydrogen-bond donors (Lipinski definition) is 1. The number of pyridine rings is 2. The number of nitrogens with one attached hydrogen (secondary N) is 1. The van der Waals surface area contributed by atoms with Crippen molar-refractivity contribution >= 4 is 27.6 Å². The van der Waals surface area contributed by atoms with Crippen molar-refractivity contribution in [2.75, 3.05) is 16.6 Å². The van der Waals surface area contributed by atoms with Crippen LogP contribution >= 0.6 is 0 Å². The maximum atomic E-state index is 13.4. The lowest BCUT2D eigenvalue weighted by Crippen LogP contribution is -2.41. The van der Waals surface area contributed by atoms with Crippen molar-refractivity contribution < 1.29 is 17.7 Å². The summed E-state index contributed by atoms with van der Waals surface area (Å²) in [6, 6.07) is 6.48. The molecular weight excluding hydrogens is 411 g/mol. The smallest absolute Gasteiger partial charge is 0.281 e. The molecule has 1 aliphatic rings. The van der Waals surface area contributed by atoms with E-state index in [2.05, 4.69) is 16.9 Å². The van der Waals surface area contributed by atoms with E-state index in [4.69, 9.17) is 5.26 Å². The van der Waals surface area contributed by atoms with Crippen LogP contribution in [-0.4, -0.2) is 36.4 Å². The average Bonchev–Trinajstić information content (AvgIpc) is 2.98. The molecule has 3 heterocycles. The topological polar surface area (TPSA) is 119 Å². The van der Waals surface area contributed by atoms with Crippen molar-refractivity contribution in [2.45, 2.75) is 37.8 Å². The second kappa shape index (κ2) is 7.87. The molecule has 2 aromatic heterocycles. The number of sulfonamides is 1. The molecule has 3 rings (SSSR count). The van der Waals surface area contributed by atoms with Gasteiger partial charge in [-0.05, 0) is 50.5 Å². The lowest BCUT2D eigenvalue weighted by atomic mass is 9.97. The molecule has 158 valence electrons. The molecule has 0 saturated carbocycles. The number of aromatic nitrogens is 2. The van der Waals surface area contributed by atoms with Crippen LogP contribution in [0.25, 0.3) is 0 Å². The maximum Gasteiger partial charge on any atom is 0.281 e. The van der Waals surface area contributed by atoms with Gasteiger partial charge in [0, 0.05) is 18.3 Å². The van der Waals surface area contributed by atoms with E-state index >= 15 is 0 Å². The molecular formula is C19H21FN6O3S. The molecule has 9 nitrogen and oxygen atoms in total. The molecule has 0 radical (unpaired) electrons. The van der Waals surface area contributed by atoms with E-state index in [1.807, 2.05) is 23.5 Å². The van der Waals surface area contributed by atoms with Gasteiger partial charge in [0.2, 0.25) is 6.19 Å². The van der Waals surface area contributed by atoms with E-state index in [-0.39, 0.29) is 16.2 Å². The summed E-state index contributed by atoms with van der Waals surface area (Å²) in [6.45, 7) is 6.86. The van der Waals surface area contributed by atoms with Gasteiger partial charge in [-0.25, -0.2) is 14.7 Å². The highest BCUT2D eigenvalue weighted by atomic mass is 32.2. The fourth-order valence-corrected chi connectivity index (χ4v) is 4.62. The third kappa shape index (κ3) is 4.18. The van der Waals surface area contributed by atoms with Crippen molar-refractivity contribution in [3.05, 3.63) is 42.1 Å². The van der Waals surface area contributed by atoms with Gasteiger partial charge in [-0.3, -0.25) is 4.79 Å². The first-order valence-corrected chi connectivity index (χ1v) is 10.7. The summed E-state index contributed by atoms with van der Waals surface area (Å²) in [5.41, 5.74) is -0.150. The minimum Gasteiger partial charge on any atom is -0.351 e. The van der Waals surface area contributed by atoms with Crippen LogP contribution in [0.3, 0.4) is 0 Å². The molecule has 1 atom stereocenters. The number of nitriles is 1. The van der Waals surface area contributed by atoms with Crippen LogP contribution in [0.15, 0.2) is 41.6 Å². The molecule has 1 amide bonds. The molecule has 1 aliphatic heterocycles. The first-order chi connectivity index (χ1) is 14.0. The summed E-state index contributed by atoms with van der Waals surface area (Å²) in [7, 11) is -4.41. The highest BCUT2D eigenvalue weighted by molar-refractivity contribution is 7.90. The summed E-state index contributed by atoms with van der Waals surface area (Å²) >= 11 is 0. The molecule has 1 unspecified atom stereocenters. The van der Waals surface area contributed by atoms with E-state index in [1.54, 1.807) is 12.3 Å². The highest BCUT2D eigenvalue weighted by Crippen LogP contribution is 2.37. The number of nitrogens with zero attached hydrogens (tertiary/aromatic N) is 5. The third-order valence-electron chi connectivity index (χ3n) is 4.86. The van der Waals surface area contributed by atoms with Crippen LogP contribution in [0.2, 0.25) is 0 Å². The first kappa shape index (κ1) is 21.4. The van der Waals surface area contributed by atoms with Crippen molar-refractivity contribution in [1.29, 1.82) is 5.26 Å². The Labute approximate surface area is 174 Å². The van der Waals surface area contributed by atoms with Crippen LogP contribution in [-0.2, 0) is 10.0 Å². The summed E-state index contributed by atoms with van der Waals surface area (Å²) in [6.07, 6.45) is 3.63. The number of hydrogen-bond acceptors (Lipinski definition) is 8. The van der Waals surface area contributed by atoms with Crippen molar-refractivity contribution in [1.82, 2.24) is 14.7 Å². The number of halogens is 1. The first-order valence-electron chi connectivity index (χ1n) is 9.17. The third-order valence-corrected chi connectivity index (χ3v) is 6.09. The Morgan fingerprint density at radius 1 is 1.37 bits per heavy atom. The van der Waals surface area contributed by atoms with Crippen LogP contribution in [0, 0.1) is 17.4 Å². The highest BCUT2D eigenvalue weighted by Gasteiger charge is 2.39. The van der Waals surface area contributed by atoms with Crippen LogP contribution in [0.4, 0.5) is 16.1 Å². The summed E-state index contributed by atoms with van der Waals surface area (Å²) in [5, 5.41) is 7.63. The van der Waals surface area contributed by atoms with E-state index in [0.29, 0.717) is 18.3 Å². The SMILES string of the molecule is CC1CN(c2ncccc2C(=O)NS(=O)(=O)c2cccc(N(F)C#N)n2)C(C)(C)C1. The minimum atomic E-state index is -4.41. The van der Waals surface area contributed by atoms with Crippen LogP contribution < -0.4 is 14.7 Å². The number of rotatable bonds is 5. The second-order valence-electron chi connectivity index (χ2n) is 7.76. The zero-order valence-electron chi connectivity index (χ0n) is 16.7. The molecule has 2 aromatic rings. The van der Waals surface area contributed by atoms with Gasteiger partial charge in [0.1, 0.15) is 5.82 Å². The number of carbonyl (C=O) groups is 1. The molecule has 0 spiro atoms. The summed E-state index contributed by atoms with van der Waals surface area (Å²) in [5.74, 6) is -0.612. The predicted molar refractivity (Wildman–Crippen MR) is 108 cm³/mol. The molecule has 0 aromatic carbocycles. The van der Waals surface area contributed by atoms with Gasteiger partial charge in [-0.15, -0.1) is 0 Å².